The maximum Gasteiger partial charge on any atom is 0.191 e. The molecule has 3 rings (SSSR count). The number of hydrogen-bond donors (Lipinski definition) is 2. The van der Waals surface area contributed by atoms with Crippen LogP contribution < -0.4 is 15.5 Å². The van der Waals surface area contributed by atoms with Gasteiger partial charge in [0.1, 0.15) is 0 Å². The molecule has 1 aliphatic heterocycles. The standard InChI is InChI=1S/C21H28N4OS.HI/c1-22-21(23-11-16-27-19-8-3-2-4-9-19)24-17-18-7-5-6-10-20(18)25-12-14-26-15-13-25;/h2-10H,11-17H2,1H3,(H2,22,23,24);1H. The zero-order chi connectivity index (χ0) is 18.7. The first kappa shape index (κ1) is 22.8. The van der Waals surface area contributed by atoms with Crippen molar-refractivity contribution in [1.29, 1.82) is 0 Å². The molecule has 2 aromatic carbocycles. The summed E-state index contributed by atoms with van der Waals surface area (Å²) in [7, 11) is 1.81. The molecule has 1 aliphatic rings. The van der Waals surface area contributed by atoms with Crippen molar-refractivity contribution in [3.05, 3.63) is 60.2 Å². The summed E-state index contributed by atoms with van der Waals surface area (Å²) in [5.41, 5.74) is 2.56. The Kier molecular flexibility index (Phi) is 10.5. The van der Waals surface area contributed by atoms with E-state index in [0.29, 0.717) is 0 Å². The highest BCUT2D eigenvalue weighted by Crippen LogP contribution is 2.21. The van der Waals surface area contributed by atoms with Crippen molar-refractivity contribution in [2.75, 3.05) is 50.5 Å². The summed E-state index contributed by atoms with van der Waals surface area (Å²) in [6.45, 7) is 5.10. The minimum Gasteiger partial charge on any atom is -0.378 e. The minimum atomic E-state index is 0. The van der Waals surface area contributed by atoms with E-state index in [4.69, 9.17) is 4.74 Å². The number of nitrogens with one attached hydrogen (secondary N) is 2. The molecular formula is C21H29IN4OS. The second-order valence-electron chi connectivity index (χ2n) is 6.24. The Labute approximate surface area is 189 Å². The van der Waals surface area contributed by atoms with Gasteiger partial charge in [0, 0.05) is 49.6 Å². The number of ether oxygens (including phenoxy) is 1. The van der Waals surface area contributed by atoms with Gasteiger partial charge in [-0.15, -0.1) is 35.7 Å². The lowest BCUT2D eigenvalue weighted by Crippen LogP contribution is -2.39. The van der Waals surface area contributed by atoms with Crippen LogP contribution in [0, 0.1) is 0 Å². The predicted molar refractivity (Wildman–Crippen MR) is 130 cm³/mol. The van der Waals surface area contributed by atoms with E-state index >= 15 is 0 Å². The van der Waals surface area contributed by atoms with E-state index in [2.05, 4.69) is 69.1 Å². The van der Waals surface area contributed by atoms with Crippen molar-refractivity contribution >= 4 is 47.4 Å². The second kappa shape index (κ2) is 12.9. The highest BCUT2D eigenvalue weighted by molar-refractivity contribution is 14.0. The van der Waals surface area contributed by atoms with Gasteiger partial charge in [0.25, 0.3) is 0 Å². The van der Waals surface area contributed by atoms with Gasteiger partial charge < -0.3 is 20.3 Å². The molecule has 0 aromatic heterocycles. The Balaban J connectivity index is 0.00000280. The topological polar surface area (TPSA) is 48.9 Å². The number of morpholine rings is 1. The molecule has 1 saturated heterocycles. The summed E-state index contributed by atoms with van der Waals surface area (Å²) in [6, 6.07) is 19.0. The van der Waals surface area contributed by atoms with Crippen LogP contribution in [0.4, 0.5) is 5.69 Å². The third-order valence-corrected chi connectivity index (χ3v) is 5.43. The van der Waals surface area contributed by atoms with Crippen LogP contribution in [-0.2, 0) is 11.3 Å². The third-order valence-electron chi connectivity index (χ3n) is 4.42. The van der Waals surface area contributed by atoms with Crippen molar-refractivity contribution in [3.8, 4) is 0 Å². The SMILES string of the molecule is CN=C(NCCSc1ccccc1)NCc1ccccc1N1CCOCC1.I. The molecule has 152 valence electrons. The number of para-hydroxylation sites is 1. The number of nitrogens with zero attached hydrogens (tertiary/aromatic N) is 2. The van der Waals surface area contributed by atoms with E-state index < -0.39 is 0 Å². The summed E-state index contributed by atoms with van der Waals surface area (Å²) in [4.78, 5) is 8.03. The third kappa shape index (κ3) is 7.18. The molecule has 7 heteroatoms. The van der Waals surface area contributed by atoms with Gasteiger partial charge in [0.05, 0.1) is 13.2 Å². The molecule has 28 heavy (non-hydrogen) atoms. The maximum atomic E-state index is 5.48. The number of hydrogen-bond acceptors (Lipinski definition) is 4. The number of thioether (sulfide) groups is 1. The number of aliphatic imine (C=N–C) groups is 1. The van der Waals surface area contributed by atoms with Gasteiger partial charge in [0.15, 0.2) is 5.96 Å². The monoisotopic (exact) mass is 512 g/mol. The van der Waals surface area contributed by atoms with Gasteiger partial charge in [-0.05, 0) is 23.8 Å². The summed E-state index contributed by atoms with van der Waals surface area (Å²) >= 11 is 1.84. The van der Waals surface area contributed by atoms with Crippen LogP contribution in [0.3, 0.4) is 0 Å². The smallest absolute Gasteiger partial charge is 0.191 e. The zero-order valence-corrected chi connectivity index (χ0v) is 19.4. The van der Waals surface area contributed by atoms with Gasteiger partial charge in [-0.3, -0.25) is 4.99 Å². The fraction of sp³-hybridized carbons (Fsp3) is 0.381. The first-order valence-electron chi connectivity index (χ1n) is 9.40. The zero-order valence-electron chi connectivity index (χ0n) is 16.3. The van der Waals surface area contributed by atoms with Crippen LogP contribution >= 0.6 is 35.7 Å². The van der Waals surface area contributed by atoms with Crippen molar-refractivity contribution < 1.29 is 4.74 Å². The molecule has 0 amide bonds. The van der Waals surface area contributed by atoms with E-state index in [1.165, 1.54) is 16.1 Å². The summed E-state index contributed by atoms with van der Waals surface area (Å²) in [6.07, 6.45) is 0. The Morgan fingerprint density at radius 3 is 2.50 bits per heavy atom. The highest BCUT2D eigenvalue weighted by atomic mass is 127. The molecule has 0 unspecified atom stereocenters. The molecule has 0 saturated carbocycles. The summed E-state index contributed by atoms with van der Waals surface area (Å²) in [5.74, 6) is 1.83. The summed E-state index contributed by atoms with van der Waals surface area (Å²) < 4.78 is 5.48. The Bertz CT molecular complexity index is 723. The minimum absolute atomic E-state index is 0. The molecule has 0 spiro atoms. The lowest BCUT2D eigenvalue weighted by molar-refractivity contribution is 0.122. The van der Waals surface area contributed by atoms with E-state index in [9.17, 15) is 0 Å². The van der Waals surface area contributed by atoms with Crippen LogP contribution in [0.1, 0.15) is 5.56 Å². The van der Waals surface area contributed by atoms with Gasteiger partial charge in [0.2, 0.25) is 0 Å². The molecule has 1 fully saturated rings. The Hall–Kier alpha value is -1.45. The molecule has 0 atom stereocenters. The van der Waals surface area contributed by atoms with Gasteiger partial charge >= 0.3 is 0 Å². The van der Waals surface area contributed by atoms with Crippen LogP contribution in [0.25, 0.3) is 0 Å². The second-order valence-corrected chi connectivity index (χ2v) is 7.41. The molecule has 0 radical (unpaired) electrons. The lowest BCUT2D eigenvalue weighted by atomic mass is 10.1. The lowest BCUT2D eigenvalue weighted by Gasteiger charge is -2.30. The van der Waals surface area contributed by atoms with Crippen LogP contribution in [0.5, 0.6) is 0 Å². The fourth-order valence-corrected chi connectivity index (χ4v) is 3.82. The average Bonchev–Trinajstić information content (AvgIpc) is 2.75. The van der Waals surface area contributed by atoms with Crippen LogP contribution in [0.2, 0.25) is 0 Å². The quantitative estimate of drug-likeness (QED) is 0.195. The molecule has 1 heterocycles. The van der Waals surface area contributed by atoms with E-state index in [1.807, 2.05) is 24.9 Å². The van der Waals surface area contributed by atoms with E-state index in [0.717, 1.165) is 51.1 Å². The van der Waals surface area contributed by atoms with Crippen molar-refractivity contribution in [1.82, 2.24) is 10.6 Å². The number of guanidine groups is 1. The van der Waals surface area contributed by atoms with Crippen LogP contribution in [0.15, 0.2) is 64.5 Å². The molecule has 2 aromatic rings. The largest absolute Gasteiger partial charge is 0.378 e. The van der Waals surface area contributed by atoms with Gasteiger partial charge in [-0.1, -0.05) is 36.4 Å². The van der Waals surface area contributed by atoms with Crippen molar-refractivity contribution in [3.63, 3.8) is 0 Å². The number of halogens is 1. The van der Waals surface area contributed by atoms with E-state index in [1.54, 1.807) is 0 Å². The number of benzene rings is 2. The first-order valence-corrected chi connectivity index (χ1v) is 10.4. The fourth-order valence-electron chi connectivity index (χ4n) is 3.03. The Morgan fingerprint density at radius 1 is 1.04 bits per heavy atom. The van der Waals surface area contributed by atoms with Gasteiger partial charge in [-0.25, -0.2) is 0 Å². The van der Waals surface area contributed by atoms with Crippen LogP contribution in [-0.4, -0.2) is 51.6 Å². The molecule has 0 bridgehead atoms. The first-order chi connectivity index (χ1) is 13.4. The van der Waals surface area contributed by atoms with E-state index in [-0.39, 0.29) is 24.0 Å². The summed E-state index contributed by atoms with van der Waals surface area (Å²) in [5, 5.41) is 6.83. The van der Waals surface area contributed by atoms with Crippen molar-refractivity contribution in [2.45, 2.75) is 11.4 Å². The Morgan fingerprint density at radius 2 is 1.75 bits per heavy atom. The molecule has 0 aliphatic carbocycles. The number of rotatable bonds is 7. The number of anilines is 1. The molecular weight excluding hydrogens is 483 g/mol. The predicted octanol–water partition coefficient (Wildman–Crippen LogP) is 3.60. The van der Waals surface area contributed by atoms with Gasteiger partial charge in [-0.2, -0.15) is 0 Å². The maximum absolute atomic E-state index is 5.48. The van der Waals surface area contributed by atoms with Crippen molar-refractivity contribution in [2.24, 2.45) is 4.99 Å². The normalized spacial score (nSPS) is 14.3. The highest BCUT2D eigenvalue weighted by Gasteiger charge is 2.14. The molecule has 5 nitrogen and oxygen atoms in total. The molecule has 2 N–H and O–H groups in total. The average molecular weight is 512 g/mol.